The molecule has 0 saturated heterocycles. The SMILES string of the molecule is Cc1cc(Cl)ccc1NC(=O)c1[nH]cnc1C(=O)Nc1nc2ccccc2[nH]1. The zero-order valence-corrected chi connectivity index (χ0v) is 15.5. The van der Waals surface area contributed by atoms with Gasteiger partial charge in [0.1, 0.15) is 5.69 Å². The predicted octanol–water partition coefficient (Wildman–Crippen LogP) is 3.75. The van der Waals surface area contributed by atoms with Crippen molar-refractivity contribution in [1.82, 2.24) is 19.9 Å². The van der Waals surface area contributed by atoms with Gasteiger partial charge in [0, 0.05) is 10.7 Å². The third-order valence-corrected chi connectivity index (χ3v) is 4.37. The molecule has 4 N–H and O–H groups in total. The summed E-state index contributed by atoms with van der Waals surface area (Å²) >= 11 is 5.94. The first-order chi connectivity index (χ1) is 13.5. The number of H-pyrrole nitrogens is 2. The normalized spacial score (nSPS) is 10.8. The predicted molar refractivity (Wildman–Crippen MR) is 107 cm³/mol. The van der Waals surface area contributed by atoms with Gasteiger partial charge in [0.15, 0.2) is 5.69 Å². The summed E-state index contributed by atoms with van der Waals surface area (Å²) in [7, 11) is 0. The highest BCUT2D eigenvalue weighted by atomic mass is 35.5. The van der Waals surface area contributed by atoms with Gasteiger partial charge in [-0.05, 0) is 42.8 Å². The van der Waals surface area contributed by atoms with Crippen LogP contribution in [0.15, 0.2) is 48.8 Å². The van der Waals surface area contributed by atoms with Crippen molar-refractivity contribution < 1.29 is 9.59 Å². The van der Waals surface area contributed by atoms with Gasteiger partial charge in [-0.3, -0.25) is 14.9 Å². The number of aromatic nitrogens is 4. The number of nitrogens with zero attached hydrogens (tertiary/aromatic N) is 2. The molecule has 0 atom stereocenters. The monoisotopic (exact) mass is 394 g/mol. The lowest BCUT2D eigenvalue weighted by molar-refractivity contribution is 0.0985. The number of carbonyl (C=O) groups excluding carboxylic acids is 2. The van der Waals surface area contributed by atoms with Crippen LogP contribution in [0.3, 0.4) is 0 Å². The van der Waals surface area contributed by atoms with Gasteiger partial charge in [0.2, 0.25) is 5.95 Å². The van der Waals surface area contributed by atoms with Crippen molar-refractivity contribution in [3.8, 4) is 0 Å². The van der Waals surface area contributed by atoms with Crippen LogP contribution in [0, 0.1) is 6.92 Å². The van der Waals surface area contributed by atoms with Gasteiger partial charge < -0.3 is 15.3 Å². The van der Waals surface area contributed by atoms with E-state index < -0.39 is 11.8 Å². The van der Waals surface area contributed by atoms with Crippen molar-refractivity contribution in [2.24, 2.45) is 0 Å². The van der Waals surface area contributed by atoms with E-state index in [0.29, 0.717) is 10.7 Å². The van der Waals surface area contributed by atoms with Crippen LogP contribution in [0.25, 0.3) is 11.0 Å². The van der Waals surface area contributed by atoms with Gasteiger partial charge in [-0.1, -0.05) is 23.7 Å². The van der Waals surface area contributed by atoms with Crippen molar-refractivity contribution in [1.29, 1.82) is 0 Å². The van der Waals surface area contributed by atoms with E-state index in [-0.39, 0.29) is 17.3 Å². The molecule has 0 unspecified atom stereocenters. The highest BCUT2D eigenvalue weighted by Gasteiger charge is 2.22. The van der Waals surface area contributed by atoms with Gasteiger partial charge >= 0.3 is 0 Å². The molecule has 0 bridgehead atoms. The Balaban J connectivity index is 1.54. The van der Waals surface area contributed by atoms with Crippen LogP contribution >= 0.6 is 11.6 Å². The summed E-state index contributed by atoms with van der Waals surface area (Å²) in [4.78, 5) is 39.2. The summed E-state index contributed by atoms with van der Waals surface area (Å²) in [5.74, 6) is -0.773. The van der Waals surface area contributed by atoms with E-state index in [1.54, 1.807) is 18.2 Å². The average Bonchev–Trinajstić information content (AvgIpc) is 3.30. The number of para-hydroxylation sites is 2. The molecule has 28 heavy (non-hydrogen) atoms. The minimum Gasteiger partial charge on any atom is -0.340 e. The first-order valence-corrected chi connectivity index (χ1v) is 8.76. The highest BCUT2D eigenvalue weighted by Crippen LogP contribution is 2.21. The molecule has 140 valence electrons. The number of halogens is 1. The maximum absolute atomic E-state index is 12.6. The summed E-state index contributed by atoms with van der Waals surface area (Å²) in [5, 5.41) is 5.95. The number of benzene rings is 2. The van der Waals surface area contributed by atoms with Gasteiger partial charge in [-0.2, -0.15) is 0 Å². The van der Waals surface area contributed by atoms with Gasteiger partial charge in [0.05, 0.1) is 17.4 Å². The Labute approximate surface area is 164 Å². The summed E-state index contributed by atoms with van der Waals surface area (Å²) < 4.78 is 0. The summed E-state index contributed by atoms with van der Waals surface area (Å²) in [6.07, 6.45) is 1.29. The molecule has 2 amide bonds. The largest absolute Gasteiger partial charge is 0.340 e. The minimum atomic E-state index is -0.557. The molecule has 0 radical (unpaired) electrons. The van der Waals surface area contributed by atoms with Crippen LogP contribution in [0.4, 0.5) is 11.6 Å². The van der Waals surface area contributed by atoms with E-state index in [2.05, 4.69) is 30.6 Å². The number of nitrogens with one attached hydrogen (secondary N) is 4. The second-order valence-electron chi connectivity index (χ2n) is 6.10. The minimum absolute atomic E-state index is 0.0374. The molecule has 4 rings (SSSR count). The van der Waals surface area contributed by atoms with Crippen LogP contribution < -0.4 is 10.6 Å². The number of hydrogen-bond acceptors (Lipinski definition) is 4. The molecule has 0 aliphatic rings. The Morgan fingerprint density at radius 3 is 2.68 bits per heavy atom. The molecule has 0 aliphatic carbocycles. The average molecular weight is 395 g/mol. The Morgan fingerprint density at radius 1 is 1.07 bits per heavy atom. The zero-order valence-electron chi connectivity index (χ0n) is 14.7. The third kappa shape index (κ3) is 3.45. The summed E-state index contributed by atoms with van der Waals surface area (Å²) in [5.41, 5.74) is 2.90. The van der Waals surface area contributed by atoms with Gasteiger partial charge in [-0.15, -0.1) is 0 Å². The van der Waals surface area contributed by atoms with Gasteiger partial charge in [0.25, 0.3) is 11.8 Å². The Hall–Kier alpha value is -3.65. The zero-order chi connectivity index (χ0) is 19.7. The van der Waals surface area contributed by atoms with Crippen LogP contribution in [0.1, 0.15) is 26.5 Å². The van der Waals surface area contributed by atoms with Crippen molar-refractivity contribution in [2.45, 2.75) is 6.92 Å². The molecule has 4 aromatic rings. The highest BCUT2D eigenvalue weighted by molar-refractivity contribution is 6.30. The van der Waals surface area contributed by atoms with Crippen LogP contribution in [0.5, 0.6) is 0 Å². The lowest BCUT2D eigenvalue weighted by Gasteiger charge is -2.08. The molecule has 0 spiro atoms. The van der Waals surface area contributed by atoms with E-state index in [4.69, 9.17) is 11.6 Å². The molecule has 9 heteroatoms. The van der Waals surface area contributed by atoms with E-state index >= 15 is 0 Å². The maximum Gasteiger partial charge on any atom is 0.279 e. The topological polar surface area (TPSA) is 116 Å². The first-order valence-electron chi connectivity index (χ1n) is 8.38. The number of fused-ring (bicyclic) bond motifs is 1. The van der Waals surface area contributed by atoms with Crippen molar-refractivity contribution in [2.75, 3.05) is 10.6 Å². The molecule has 8 nitrogen and oxygen atoms in total. The molecule has 2 aromatic carbocycles. The van der Waals surface area contributed by atoms with E-state index in [0.717, 1.165) is 16.6 Å². The molecule has 0 saturated carbocycles. The smallest absolute Gasteiger partial charge is 0.279 e. The van der Waals surface area contributed by atoms with Crippen molar-refractivity contribution in [3.63, 3.8) is 0 Å². The number of amides is 2. The quantitative estimate of drug-likeness (QED) is 0.421. The van der Waals surface area contributed by atoms with Crippen molar-refractivity contribution >= 4 is 46.1 Å². The number of imidazole rings is 2. The molecule has 0 aliphatic heterocycles. The van der Waals surface area contributed by atoms with Gasteiger partial charge in [-0.25, -0.2) is 9.97 Å². The van der Waals surface area contributed by atoms with E-state index in [1.807, 2.05) is 31.2 Å². The van der Waals surface area contributed by atoms with Crippen LogP contribution in [-0.2, 0) is 0 Å². The Bertz CT molecular complexity index is 1160. The first kappa shape index (κ1) is 17.7. The standard InChI is InChI=1S/C19H15ClN6O2/c1-10-8-11(20)6-7-12(10)23-17(27)15-16(22-9-21-15)18(28)26-19-24-13-4-2-3-5-14(13)25-19/h2-9H,1H3,(H,21,22)(H,23,27)(H2,24,25,26,28). The van der Waals surface area contributed by atoms with E-state index in [9.17, 15) is 9.59 Å². The van der Waals surface area contributed by atoms with E-state index in [1.165, 1.54) is 6.33 Å². The number of hydrogen-bond donors (Lipinski definition) is 4. The summed E-state index contributed by atoms with van der Waals surface area (Å²) in [6, 6.07) is 12.5. The number of aryl methyl sites for hydroxylation is 1. The number of rotatable bonds is 4. The maximum atomic E-state index is 12.6. The fourth-order valence-corrected chi connectivity index (χ4v) is 3.00. The second-order valence-corrected chi connectivity index (χ2v) is 6.53. The Kier molecular flexibility index (Phi) is 4.54. The molecule has 2 heterocycles. The molecule has 2 aromatic heterocycles. The van der Waals surface area contributed by atoms with Crippen LogP contribution in [-0.4, -0.2) is 31.8 Å². The Morgan fingerprint density at radius 2 is 1.89 bits per heavy atom. The lowest BCUT2D eigenvalue weighted by atomic mass is 10.2. The third-order valence-electron chi connectivity index (χ3n) is 4.14. The fraction of sp³-hybridized carbons (Fsp3) is 0.0526. The molecule has 0 fully saturated rings. The van der Waals surface area contributed by atoms with Crippen molar-refractivity contribution in [3.05, 3.63) is 70.8 Å². The number of carbonyl (C=O) groups is 2. The molecular formula is C19H15ClN6O2. The number of anilines is 2. The fourth-order valence-electron chi connectivity index (χ4n) is 2.77. The number of aromatic amines is 2. The summed E-state index contributed by atoms with van der Waals surface area (Å²) in [6.45, 7) is 1.82. The lowest BCUT2D eigenvalue weighted by Crippen LogP contribution is -2.21. The van der Waals surface area contributed by atoms with Crippen LogP contribution in [0.2, 0.25) is 5.02 Å². The molecular weight excluding hydrogens is 380 g/mol. The second kappa shape index (κ2) is 7.16.